The van der Waals surface area contributed by atoms with Crippen molar-refractivity contribution < 1.29 is 14.0 Å². The third-order valence-corrected chi connectivity index (χ3v) is 5.75. The summed E-state index contributed by atoms with van der Waals surface area (Å²) < 4.78 is 13.3. The molecule has 1 N–H and O–H groups in total. The van der Waals surface area contributed by atoms with Crippen LogP contribution in [0.3, 0.4) is 0 Å². The molecule has 1 fully saturated rings. The average Bonchev–Trinajstić information content (AvgIpc) is 3.04. The average molecular weight is 395 g/mol. The quantitative estimate of drug-likeness (QED) is 0.818. The number of piperidine rings is 1. The van der Waals surface area contributed by atoms with Gasteiger partial charge in [-0.3, -0.25) is 14.5 Å². The van der Waals surface area contributed by atoms with Crippen molar-refractivity contribution in [3.63, 3.8) is 0 Å². The number of carbonyl (C=O) groups is 2. The molecule has 29 heavy (non-hydrogen) atoms. The van der Waals surface area contributed by atoms with Crippen LogP contribution in [-0.2, 0) is 17.9 Å². The maximum absolute atomic E-state index is 13.3. The van der Waals surface area contributed by atoms with Crippen molar-refractivity contribution in [1.82, 2.24) is 15.1 Å². The van der Waals surface area contributed by atoms with Gasteiger partial charge in [0.2, 0.25) is 5.91 Å². The van der Waals surface area contributed by atoms with Crippen molar-refractivity contribution in [3.8, 4) is 0 Å². The van der Waals surface area contributed by atoms with Crippen LogP contribution in [0.4, 0.5) is 4.39 Å². The molecule has 152 valence electrons. The minimum Gasteiger partial charge on any atom is -0.353 e. The van der Waals surface area contributed by atoms with Crippen molar-refractivity contribution in [2.24, 2.45) is 0 Å². The molecule has 1 saturated heterocycles. The van der Waals surface area contributed by atoms with E-state index in [2.05, 4.69) is 10.2 Å². The Balaban J connectivity index is 1.18. The molecule has 0 spiro atoms. The van der Waals surface area contributed by atoms with E-state index in [1.807, 2.05) is 30.3 Å². The van der Waals surface area contributed by atoms with E-state index in [1.165, 1.54) is 6.07 Å². The van der Waals surface area contributed by atoms with Crippen molar-refractivity contribution in [2.45, 2.75) is 38.4 Å². The van der Waals surface area contributed by atoms with Crippen LogP contribution in [0.25, 0.3) is 0 Å². The van der Waals surface area contributed by atoms with Gasteiger partial charge in [0.05, 0.1) is 0 Å². The number of amides is 2. The number of benzene rings is 2. The molecule has 5 nitrogen and oxygen atoms in total. The van der Waals surface area contributed by atoms with Crippen LogP contribution in [0.15, 0.2) is 48.5 Å². The number of nitrogens with zero attached hydrogens (tertiary/aromatic N) is 2. The van der Waals surface area contributed by atoms with Crippen LogP contribution in [0.2, 0.25) is 0 Å². The molecule has 0 bridgehead atoms. The van der Waals surface area contributed by atoms with E-state index in [0.29, 0.717) is 19.5 Å². The summed E-state index contributed by atoms with van der Waals surface area (Å²) in [5.41, 5.74) is 2.76. The van der Waals surface area contributed by atoms with Crippen molar-refractivity contribution in [2.75, 3.05) is 19.6 Å². The van der Waals surface area contributed by atoms with Gasteiger partial charge < -0.3 is 10.2 Å². The zero-order valence-electron chi connectivity index (χ0n) is 16.4. The zero-order valence-corrected chi connectivity index (χ0v) is 16.4. The fourth-order valence-electron chi connectivity index (χ4n) is 4.16. The summed E-state index contributed by atoms with van der Waals surface area (Å²) in [6, 6.07) is 14.5. The van der Waals surface area contributed by atoms with Gasteiger partial charge in [0.25, 0.3) is 5.91 Å². The van der Waals surface area contributed by atoms with Crippen molar-refractivity contribution >= 4 is 11.8 Å². The molecule has 2 aliphatic heterocycles. The van der Waals surface area contributed by atoms with E-state index in [1.54, 1.807) is 17.0 Å². The molecule has 4 rings (SSSR count). The highest BCUT2D eigenvalue weighted by molar-refractivity contribution is 5.98. The Labute approximate surface area is 170 Å². The first-order valence-electron chi connectivity index (χ1n) is 10.2. The lowest BCUT2D eigenvalue weighted by molar-refractivity contribution is -0.122. The van der Waals surface area contributed by atoms with Gasteiger partial charge in [-0.25, -0.2) is 4.39 Å². The predicted octanol–water partition coefficient (Wildman–Crippen LogP) is 2.95. The third kappa shape index (κ3) is 4.82. The van der Waals surface area contributed by atoms with Gasteiger partial charge in [-0.1, -0.05) is 30.3 Å². The number of likely N-dealkylation sites (tertiary alicyclic amines) is 1. The van der Waals surface area contributed by atoms with Crippen LogP contribution >= 0.6 is 0 Å². The SMILES string of the molecule is O=C(CCN1Cc2ccccc2C1=O)NC1CCN(Cc2cccc(F)c2)CC1. The van der Waals surface area contributed by atoms with Crippen LogP contribution in [-0.4, -0.2) is 47.3 Å². The second kappa shape index (κ2) is 8.74. The molecule has 0 saturated carbocycles. The number of fused-ring (bicyclic) bond motifs is 1. The fraction of sp³-hybridized carbons (Fsp3) is 0.391. The molecule has 2 aromatic carbocycles. The van der Waals surface area contributed by atoms with Crippen LogP contribution < -0.4 is 5.32 Å². The summed E-state index contributed by atoms with van der Waals surface area (Å²) >= 11 is 0. The van der Waals surface area contributed by atoms with Crippen molar-refractivity contribution in [1.29, 1.82) is 0 Å². The normalized spacial score (nSPS) is 17.4. The fourth-order valence-corrected chi connectivity index (χ4v) is 4.16. The van der Waals surface area contributed by atoms with Crippen LogP contribution in [0, 0.1) is 5.82 Å². The molecule has 0 radical (unpaired) electrons. The van der Waals surface area contributed by atoms with E-state index in [-0.39, 0.29) is 23.7 Å². The lowest BCUT2D eigenvalue weighted by Crippen LogP contribution is -2.45. The van der Waals surface area contributed by atoms with Crippen molar-refractivity contribution in [3.05, 3.63) is 71.0 Å². The maximum Gasteiger partial charge on any atom is 0.254 e. The molecule has 2 amide bonds. The Hall–Kier alpha value is -2.73. The van der Waals surface area contributed by atoms with Gasteiger partial charge in [-0.05, 0) is 42.2 Å². The molecule has 0 aliphatic carbocycles. The van der Waals surface area contributed by atoms with Gasteiger partial charge in [-0.2, -0.15) is 0 Å². The molecule has 6 heteroatoms. The summed E-state index contributed by atoms with van der Waals surface area (Å²) in [6.07, 6.45) is 2.09. The Morgan fingerprint density at radius 3 is 2.66 bits per heavy atom. The Morgan fingerprint density at radius 1 is 1.10 bits per heavy atom. The van der Waals surface area contributed by atoms with Gasteiger partial charge in [-0.15, -0.1) is 0 Å². The summed E-state index contributed by atoms with van der Waals surface area (Å²) in [7, 11) is 0. The number of hydrogen-bond acceptors (Lipinski definition) is 3. The van der Waals surface area contributed by atoms with Gasteiger partial charge in [0.15, 0.2) is 0 Å². The highest BCUT2D eigenvalue weighted by atomic mass is 19.1. The minimum absolute atomic E-state index is 0.00247. The van der Waals surface area contributed by atoms with E-state index < -0.39 is 0 Å². The van der Waals surface area contributed by atoms with Gasteiger partial charge >= 0.3 is 0 Å². The topological polar surface area (TPSA) is 52.7 Å². The second-order valence-corrected chi connectivity index (χ2v) is 7.88. The van der Waals surface area contributed by atoms with Crippen LogP contribution in [0.5, 0.6) is 0 Å². The monoisotopic (exact) mass is 395 g/mol. The first-order valence-corrected chi connectivity index (χ1v) is 10.2. The first kappa shape index (κ1) is 19.6. The molecule has 0 aromatic heterocycles. The summed E-state index contributed by atoms with van der Waals surface area (Å²) in [4.78, 5) is 28.8. The van der Waals surface area contributed by atoms with E-state index in [0.717, 1.165) is 49.2 Å². The summed E-state index contributed by atoms with van der Waals surface area (Å²) in [5, 5.41) is 3.11. The lowest BCUT2D eigenvalue weighted by atomic mass is 10.0. The van der Waals surface area contributed by atoms with E-state index in [4.69, 9.17) is 0 Å². The molecular weight excluding hydrogens is 369 g/mol. The number of nitrogens with one attached hydrogen (secondary N) is 1. The van der Waals surface area contributed by atoms with Gasteiger partial charge in [0, 0.05) is 50.7 Å². The zero-order chi connectivity index (χ0) is 20.2. The molecule has 2 aromatic rings. The number of carbonyl (C=O) groups excluding carboxylic acids is 2. The standard InChI is InChI=1S/C23H26FN3O2/c24-19-6-3-4-17(14-19)15-26-11-8-20(9-12-26)25-22(28)10-13-27-16-18-5-1-2-7-21(18)23(27)29/h1-7,14,20H,8-13,15-16H2,(H,25,28). The molecule has 0 atom stereocenters. The maximum atomic E-state index is 13.3. The highest BCUT2D eigenvalue weighted by Gasteiger charge is 2.27. The Bertz CT molecular complexity index is 893. The predicted molar refractivity (Wildman–Crippen MR) is 109 cm³/mol. The molecule has 2 heterocycles. The number of hydrogen-bond donors (Lipinski definition) is 1. The second-order valence-electron chi connectivity index (χ2n) is 7.88. The smallest absolute Gasteiger partial charge is 0.254 e. The third-order valence-electron chi connectivity index (χ3n) is 5.75. The minimum atomic E-state index is -0.204. The summed E-state index contributed by atoms with van der Waals surface area (Å²) in [5.74, 6) is -0.194. The number of rotatable bonds is 6. The van der Waals surface area contributed by atoms with Crippen LogP contribution in [0.1, 0.15) is 40.7 Å². The number of halogens is 1. The molecule has 2 aliphatic rings. The largest absolute Gasteiger partial charge is 0.353 e. The molecule has 0 unspecified atom stereocenters. The van der Waals surface area contributed by atoms with Gasteiger partial charge in [0.1, 0.15) is 5.82 Å². The van der Waals surface area contributed by atoms with E-state index in [9.17, 15) is 14.0 Å². The molecular formula is C23H26FN3O2. The summed E-state index contributed by atoms with van der Waals surface area (Å²) in [6.45, 7) is 3.51. The highest BCUT2D eigenvalue weighted by Crippen LogP contribution is 2.22. The Kier molecular flexibility index (Phi) is 5.90. The lowest BCUT2D eigenvalue weighted by Gasteiger charge is -2.32. The van der Waals surface area contributed by atoms with E-state index >= 15 is 0 Å². The Morgan fingerprint density at radius 2 is 1.90 bits per heavy atom. The first-order chi connectivity index (χ1) is 14.1.